The van der Waals surface area contributed by atoms with Crippen LogP contribution in [0.1, 0.15) is 22.8 Å². The van der Waals surface area contributed by atoms with Gasteiger partial charge in [0.15, 0.2) is 0 Å². The molecule has 0 unspecified atom stereocenters. The summed E-state index contributed by atoms with van der Waals surface area (Å²) in [5, 5.41) is 0. The normalized spacial score (nSPS) is 11.1. The Hall–Kier alpha value is -2.10. The number of carbonyl (C=O) groups is 2. The van der Waals surface area contributed by atoms with E-state index >= 15 is 0 Å². The Kier molecular flexibility index (Phi) is 5.30. The summed E-state index contributed by atoms with van der Waals surface area (Å²) in [6.07, 6.45) is 1.49. The van der Waals surface area contributed by atoms with E-state index in [9.17, 15) is 9.59 Å². The van der Waals surface area contributed by atoms with Crippen molar-refractivity contribution >= 4 is 11.8 Å². The lowest BCUT2D eigenvalue weighted by Gasteiger charge is -2.11. The maximum Gasteiger partial charge on any atom is 0.343 e. The number of Topliss-reactive ketones (excluding diaryl/α,β-unsaturated/α-hetero) is 1. The first kappa shape index (κ1) is 15.0. The molecule has 19 heavy (non-hydrogen) atoms. The summed E-state index contributed by atoms with van der Waals surface area (Å²) in [4.78, 5) is 25.8. The number of hydrogen-bond acceptors (Lipinski definition) is 4. The van der Waals surface area contributed by atoms with Gasteiger partial charge in [-0.3, -0.25) is 4.79 Å². The van der Waals surface area contributed by atoms with Crippen molar-refractivity contribution in [3.63, 3.8) is 0 Å². The highest BCUT2D eigenvalue weighted by molar-refractivity contribution is 6.24. The molecule has 0 heterocycles. The van der Waals surface area contributed by atoms with Gasteiger partial charge in [0.05, 0.1) is 6.61 Å². The summed E-state index contributed by atoms with van der Waals surface area (Å²) >= 11 is 0. The van der Waals surface area contributed by atoms with Crippen molar-refractivity contribution in [3.05, 3.63) is 47.2 Å². The van der Waals surface area contributed by atoms with Crippen molar-refractivity contribution in [2.24, 2.45) is 0 Å². The quantitative estimate of drug-likeness (QED) is 0.268. The van der Waals surface area contributed by atoms with E-state index in [0.29, 0.717) is 5.56 Å². The minimum atomic E-state index is -0.595. The average molecular weight is 261 g/mol. The third-order valence-corrected chi connectivity index (χ3v) is 2.41. The van der Waals surface area contributed by atoms with E-state index in [4.69, 9.17) is 4.74 Å². The lowest BCUT2D eigenvalue weighted by atomic mass is 10.0. The molecular weight excluding hydrogens is 242 g/mol. The molecule has 0 amide bonds. The molecule has 4 nitrogen and oxygen atoms in total. The van der Waals surface area contributed by atoms with Gasteiger partial charge in [-0.1, -0.05) is 23.8 Å². The number of nitrogens with zero attached hydrogens (tertiary/aromatic N) is 1. The van der Waals surface area contributed by atoms with Gasteiger partial charge in [-0.15, -0.1) is 0 Å². The Balaban J connectivity index is 3.12. The highest BCUT2D eigenvalue weighted by Gasteiger charge is 2.21. The van der Waals surface area contributed by atoms with E-state index in [-0.39, 0.29) is 18.0 Å². The molecule has 0 aliphatic heterocycles. The predicted octanol–water partition coefficient (Wildman–Crippen LogP) is 2.19. The van der Waals surface area contributed by atoms with Gasteiger partial charge in [-0.05, 0) is 19.9 Å². The van der Waals surface area contributed by atoms with E-state index < -0.39 is 5.97 Å². The molecule has 102 valence electrons. The smallest absolute Gasteiger partial charge is 0.343 e. The molecule has 0 radical (unpaired) electrons. The van der Waals surface area contributed by atoms with Crippen LogP contribution in [0.2, 0.25) is 0 Å². The van der Waals surface area contributed by atoms with Gasteiger partial charge < -0.3 is 9.64 Å². The number of hydrogen-bond donors (Lipinski definition) is 0. The maximum absolute atomic E-state index is 12.4. The summed E-state index contributed by atoms with van der Waals surface area (Å²) in [5.41, 5.74) is 1.50. The fraction of sp³-hybridized carbons (Fsp3) is 0.333. The van der Waals surface area contributed by atoms with E-state index in [1.165, 1.54) is 6.20 Å². The van der Waals surface area contributed by atoms with Crippen molar-refractivity contribution in [2.45, 2.75) is 13.8 Å². The largest absolute Gasteiger partial charge is 0.462 e. The monoisotopic (exact) mass is 261 g/mol. The van der Waals surface area contributed by atoms with Crippen LogP contribution in [0.3, 0.4) is 0 Å². The fourth-order valence-electron chi connectivity index (χ4n) is 1.61. The van der Waals surface area contributed by atoms with Crippen LogP contribution in [0.15, 0.2) is 36.0 Å². The van der Waals surface area contributed by atoms with Gasteiger partial charge in [-0.25, -0.2) is 4.79 Å². The molecular formula is C15H19NO3. The Morgan fingerprint density at radius 3 is 2.53 bits per heavy atom. The van der Waals surface area contributed by atoms with Crippen LogP contribution < -0.4 is 0 Å². The zero-order chi connectivity index (χ0) is 14.4. The van der Waals surface area contributed by atoms with Crippen LogP contribution in [0.5, 0.6) is 0 Å². The van der Waals surface area contributed by atoms with E-state index in [1.807, 2.05) is 13.0 Å². The second kappa shape index (κ2) is 6.73. The molecule has 0 aromatic heterocycles. The maximum atomic E-state index is 12.4. The molecule has 0 aliphatic rings. The zero-order valence-electron chi connectivity index (χ0n) is 11.8. The van der Waals surface area contributed by atoms with Crippen LogP contribution >= 0.6 is 0 Å². The highest BCUT2D eigenvalue weighted by Crippen LogP contribution is 2.12. The summed E-state index contributed by atoms with van der Waals surface area (Å²) < 4.78 is 4.92. The number of rotatable bonds is 5. The Morgan fingerprint density at radius 1 is 1.32 bits per heavy atom. The van der Waals surface area contributed by atoms with Gasteiger partial charge in [0, 0.05) is 25.9 Å². The van der Waals surface area contributed by atoms with E-state index in [0.717, 1.165) is 5.56 Å². The lowest BCUT2D eigenvalue weighted by molar-refractivity contribution is -0.138. The standard InChI is InChI=1S/C15H19NO3/c1-5-19-15(18)13(10-16(3)4)14(17)12-8-6-7-11(2)9-12/h6-10H,5H2,1-4H3. The van der Waals surface area contributed by atoms with Crippen molar-refractivity contribution in [1.82, 2.24) is 4.90 Å². The molecule has 0 saturated heterocycles. The number of benzene rings is 1. The second-order valence-electron chi connectivity index (χ2n) is 4.43. The number of carbonyl (C=O) groups excluding carboxylic acids is 2. The third-order valence-electron chi connectivity index (χ3n) is 2.41. The van der Waals surface area contributed by atoms with Crippen LogP contribution in [-0.4, -0.2) is 37.4 Å². The Labute approximate surface area is 113 Å². The Bertz CT molecular complexity index is 504. The molecule has 0 aliphatic carbocycles. The topological polar surface area (TPSA) is 46.6 Å². The molecule has 1 aromatic rings. The van der Waals surface area contributed by atoms with Crippen LogP contribution in [0.4, 0.5) is 0 Å². The highest BCUT2D eigenvalue weighted by atomic mass is 16.5. The summed E-state index contributed by atoms with van der Waals surface area (Å²) in [7, 11) is 3.51. The van der Waals surface area contributed by atoms with E-state index in [2.05, 4.69) is 0 Å². The lowest BCUT2D eigenvalue weighted by Crippen LogP contribution is -2.19. The Morgan fingerprint density at radius 2 is 2.00 bits per heavy atom. The predicted molar refractivity (Wildman–Crippen MR) is 73.9 cm³/mol. The molecule has 0 atom stereocenters. The average Bonchev–Trinajstić information content (AvgIpc) is 2.35. The fourth-order valence-corrected chi connectivity index (χ4v) is 1.61. The summed E-state index contributed by atoms with van der Waals surface area (Å²) in [6.45, 7) is 3.85. The SMILES string of the molecule is CCOC(=O)C(=CN(C)C)C(=O)c1cccc(C)c1. The van der Waals surface area contributed by atoms with Crippen LogP contribution in [0.25, 0.3) is 0 Å². The van der Waals surface area contributed by atoms with Gasteiger partial charge >= 0.3 is 5.97 Å². The van der Waals surface area contributed by atoms with Gasteiger partial charge in [0.2, 0.25) is 5.78 Å². The molecule has 0 N–H and O–H groups in total. The molecule has 0 spiro atoms. The minimum Gasteiger partial charge on any atom is -0.462 e. The molecule has 4 heteroatoms. The number of ketones is 1. The van der Waals surface area contributed by atoms with E-state index in [1.54, 1.807) is 44.1 Å². The number of esters is 1. The summed E-state index contributed by atoms with van der Waals surface area (Å²) in [5.74, 6) is -0.918. The number of aryl methyl sites for hydroxylation is 1. The summed E-state index contributed by atoms with van der Waals surface area (Å²) in [6, 6.07) is 7.14. The molecule has 0 bridgehead atoms. The van der Waals surface area contributed by atoms with Crippen molar-refractivity contribution in [2.75, 3.05) is 20.7 Å². The third kappa shape index (κ3) is 4.25. The van der Waals surface area contributed by atoms with Crippen molar-refractivity contribution in [3.8, 4) is 0 Å². The van der Waals surface area contributed by atoms with Gasteiger partial charge in [-0.2, -0.15) is 0 Å². The molecule has 1 aromatic carbocycles. The first-order valence-corrected chi connectivity index (χ1v) is 6.12. The van der Waals surface area contributed by atoms with Gasteiger partial charge in [0.25, 0.3) is 0 Å². The van der Waals surface area contributed by atoms with Crippen LogP contribution in [0, 0.1) is 6.92 Å². The first-order chi connectivity index (χ1) is 8.95. The number of ether oxygens (including phenoxy) is 1. The second-order valence-corrected chi connectivity index (χ2v) is 4.43. The zero-order valence-corrected chi connectivity index (χ0v) is 11.8. The first-order valence-electron chi connectivity index (χ1n) is 6.12. The van der Waals surface area contributed by atoms with Crippen molar-refractivity contribution < 1.29 is 14.3 Å². The van der Waals surface area contributed by atoms with Gasteiger partial charge in [0.1, 0.15) is 5.57 Å². The molecule has 1 rings (SSSR count). The van der Waals surface area contributed by atoms with Crippen LogP contribution in [-0.2, 0) is 9.53 Å². The van der Waals surface area contributed by atoms with Crippen molar-refractivity contribution in [1.29, 1.82) is 0 Å². The molecule has 0 saturated carbocycles. The molecule has 0 fully saturated rings. The minimum absolute atomic E-state index is 0.0393.